The van der Waals surface area contributed by atoms with Crippen molar-refractivity contribution in [1.82, 2.24) is 0 Å². The highest BCUT2D eigenvalue weighted by Crippen LogP contribution is 2.19. The molecule has 0 saturated carbocycles. The summed E-state index contributed by atoms with van der Waals surface area (Å²) in [4.78, 5) is 11.8. The summed E-state index contributed by atoms with van der Waals surface area (Å²) in [6.07, 6.45) is 0. The smallest absolute Gasteiger partial charge is 0.307 e. The number of hydrogen-bond acceptors (Lipinski definition) is 1. The van der Waals surface area contributed by atoms with Crippen LogP contribution in [0.2, 0.25) is 0 Å². The largest absolute Gasteiger partial charge is 0.323 e. The zero-order valence-electron chi connectivity index (χ0n) is 11.1. The van der Waals surface area contributed by atoms with E-state index in [2.05, 4.69) is 10.6 Å². The molecule has 2 rings (SSSR count). The second-order valence-electron chi connectivity index (χ2n) is 4.47. The Bertz CT molecular complexity index is 656. The third-order valence-corrected chi connectivity index (χ3v) is 2.89. The van der Waals surface area contributed by atoms with Crippen LogP contribution in [0.5, 0.6) is 0 Å². The molecule has 0 aliphatic rings. The molecule has 0 radical (unpaired) electrons. The van der Waals surface area contributed by atoms with Crippen molar-refractivity contribution in [2.45, 2.75) is 13.8 Å². The van der Waals surface area contributed by atoms with E-state index >= 15 is 0 Å². The number of benzene rings is 2. The van der Waals surface area contributed by atoms with Crippen LogP contribution in [-0.4, -0.2) is 6.03 Å². The number of rotatable bonds is 2. The molecule has 0 fully saturated rings. The molecular weight excluding hydrogens is 262 g/mol. The highest BCUT2D eigenvalue weighted by molar-refractivity contribution is 6.00. The lowest BCUT2D eigenvalue weighted by atomic mass is 10.2. The van der Waals surface area contributed by atoms with Crippen LogP contribution < -0.4 is 10.6 Å². The molecule has 2 N–H and O–H groups in total. The summed E-state index contributed by atoms with van der Waals surface area (Å²) < 4.78 is 26.9. The molecule has 104 valence electrons. The number of carbonyl (C=O) groups is 1. The first-order valence-corrected chi connectivity index (χ1v) is 6.06. The predicted molar refractivity (Wildman–Crippen MR) is 74.9 cm³/mol. The lowest BCUT2D eigenvalue weighted by Crippen LogP contribution is -2.20. The lowest BCUT2D eigenvalue weighted by Gasteiger charge is -2.11. The summed E-state index contributed by atoms with van der Waals surface area (Å²) in [5, 5.41) is 4.87. The number of anilines is 2. The summed E-state index contributed by atoms with van der Waals surface area (Å²) in [5.74, 6) is -0.930. The van der Waals surface area contributed by atoms with Gasteiger partial charge in [-0.2, -0.15) is 0 Å². The van der Waals surface area contributed by atoms with Crippen molar-refractivity contribution in [2.75, 3.05) is 10.6 Å². The number of carbonyl (C=O) groups excluding carboxylic acids is 1. The van der Waals surface area contributed by atoms with Gasteiger partial charge < -0.3 is 10.6 Å². The Hall–Kier alpha value is -2.43. The molecule has 0 atom stereocenters. The lowest BCUT2D eigenvalue weighted by molar-refractivity contribution is 0.262. The van der Waals surface area contributed by atoms with E-state index in [4.69, 9.17) is 0 Å². The van der Waals surface area contributed by atoms with Crippen molar-refractivity contribution in [3.05, 3.63) is 59.2 Å². The average Bonchev–Trinajstić information content (AvgIpc) is 2.38. The molecule has 2 aromatic carbocycles. The number of urea groups is 1. The van der Waals surface area contributed by atoms with Gasteiger partial charge in [-0.05, 0) is 43.7 Å². The van der Waals surface area contributed by atoms with Crippen LogP contribution in [0.15, 0.2) is 36.4 Å². The number of aryl methyl sites for hydroxylation is 1. The summed E-state index contributed by atoms with van der Waals surface area (Å²) in [7, 11) is 0. The Labute approximate surface area is 115 Å². The first-order valence-electron chi connectivity index (χ1n) is 6.06. The van der Waals surface area contributed by atoms with Crippen molar-refractivity contribution >= 4 is 17.4 Å². The fourth-order valence-corrected chi connectivity index (χ4v) is 1.74. The maximum atomic E-state index is 13.6. The minimum Gasteiger partial charge on any atom is -0.307 e. The quantitative estimate of drug-likeness (QED) is 0.847. The van der Waals surface area contributed by atoms with E-state index in [0.717, 1.165) is 5.56 Å². The number of nitrogens with one attached hydrogen (secondary N) is 2. The Kier molecular flexibility index (Phi) is 3.98. The molecule has 0 aliphatic carbocycles. The molecule has 0 heterocycles. The van der Waals surface area contributed by atoms with Gasteiger partial charge in [0.15, 0.2) is 0 Å². The van der Waals surface area contributed by atoms with Crippen LogP contribution in [0.25, 0.3) is 0 Å². The fraction of sp³-hybridized carbons (Fsp3) is 0.133. The minimum atomic E-state index is -0.624. The molecule has 0 unspecified atom stereocenters. The molecule has 0 aromatic heterocycles. The van der Waals surface area contributed by atoms with Crippen molar-refractivity contribution in [1.29, 1.82) is 0 Å². The van der Waals surface area contributed by atoms with Gasteiger partial charge in [-0.25, -0.2) is 13.6 Å². The van der Waals surface area contributed by atoms with Crippen molar-refractivity contribution < 1.29 is 13.6 Å². The van der Waals surface area contributed by atoms with E-state index < -0.39 is 17.7 Å². The molecule has 3 nitrogen and oxygen atoms in total. The van der Waals surface area contributed by atoms with Crippen LogP contribution in [0.1, 0.15) is 11.1 Å². The van der Waals surface area contributed by atoms with Gasteiger partial charge in [0.2, 0.25) is 0 Å². The predicted octanol–water partition coefficient (Wildman–Crippen LogP) is 4.23. The second-order valence-corrected chi connectivity index (χ2v) is 4.47. The maximum absolute atomic E-state index is 13.6. The van der Waals surface area contributed by atoms with Gasteiger partial charge in [0, 0.05) is 11.3 Å². The molecular formula is C15H14F2N2O. The summed E-state index contributed by atoms with van der Waals surface area (Å²) in [6.45, 7) is 3.31. The van der Waals surface area contributed by atoms with Crippen molar-refractivity contribution in [3.63, 3.8) is 0 Å². The number of hydrogen-bond donors (Lipinski definition) is 2. The maximum Gasteiger partial charge on any atom is 0.323 e. The van der Waals surface area contributed by atoms with Crippen LogP contribution in [0.3, 0.4) is 0 Å². The van der Waals surface area contributed by atoms with Gasteiger partial charge in [0.05, 0.1) is 5.69 Å². The first kappa shape index (κ1) is 14.0. The highest BCUT2D eigenvalue weighted by Gasteiger charge is 2.09. The number of amides is 2. The van der Waals surface area contributed by atoms with Crippen molar-refractivity contribution in [3.8, 4) is 0 Å². The third-order valence-electron chi connectivity index (χ3n) is 2.89. The Balaban J connectivity index is 2.11. The molecule has 0 bridgehead atoms. The fourth-order valence-electron chi connectivity index (χ4n) is 1.74. The molecule has 20 heavy (non-hydrogen) atoms. The standard InChI is InChI=1S/C15H14F2N2O/c1-9-6-7-14(12(17)8-9)19-15(20)18-13-5-3-4-11(16)10(13)2/h3-8H,1-2H3,(H2,18,19,20). The van der Waals surface area contributed by atoms with Gasteiger partial charge in [0.1, 0.15) is 11.6 Å². The molecule has 0 aliphatic heterocycles. The van der Waals surface area contributed by atoms with E-state index in [1.165, 1.54) is 24.3 Å². The van der Waals surface area contributed by atoms with Crippen molar-refractivity contribution in [2.24, 2.45) is 0 Å². The average molecular weight is 276 g/mol. The Morgan fingerprint density at radius 1 is 0.950 bits per heavy atom. The van der Waals surface area contributed by atoms with Crippen LogP contribution in [0, 0.1) is 25.5 Å². The molecule has 2 amide bonds. The molecule has 0 saturated heterocycles. The van der Waals surface area contributed by atoms with Gasteiger partial charge in [0.25, 0.3) is 0 Å². The SMILES string of the molecule is Cc1ccc(NC(=O)Nc2cccc(F)c2C)c(F)c1. The van der Waals surface area contributed by atoms with Gasteiger partial charge in [-0.3, -0.25) is 0 Å². The van der Waals surface area contributed by atoms with Crippen LogP contribution in [0.4, 0.5) is 25.0 Å². The summed E-state index contributed by atoms with van der Waals surface area (Å²) in [5.41, 5.74) is 1.50. The zero-order valence-corrected chi connectivity index (χ0v) is 11.1. The van der Waals surface area contributed by atoms with Gasteiger partial charge in [-0.1, -0.05) is 12.1 Å². The molecule has 2 aromatic rings. The van der Waals surface area contributed by atoms with E-state index in [1.54, 1.807) is 26.0 Å². The highest BCUT2D eigenvalue weighted by atomic mass is 19.1. The van der Waals surface area contributed by atoms with Crippen LogP contribution >= 0.6 is 0 Å². The topological polar surface area (TPSA) is 41.1 Å². The normalized spacial score (nSPS) is 10.2. The first-order chi connectivity index (χ1) is 9.47. The van der Waals surface area contributed by atoms with Gasteiger partial charge in [-0.15, -0.1) is 0 Å². The second kappa shape index (κ2) is 5.69. The van der Waals surface area contributed by atoms with E-state index in [0.29, 0.717) is 11.3 Å². The van der Waals surface area contributed by atoms with E-state index in [9.17, 15) is 13.6 Å². The summed E-state index contributed by atoms with van der Waals surface area (Å²) >= 11 is 0. The Morgan fingerprint density at radius 2 is 1.65 bits per heavy atom. The number of halogens is 2. The molecule has 0 spiro atoms. The summed E-state index contributed by atoms with van der Waals surface area (Å²) in [6, 6.07) is 8.23. The van der Waals surface area contributed by atoms with E-state index in [-0.39, 0.29) is 5.69 Å². The minimum absolute atomic E-state index is 0.0714. The Morgan fingerprint density at radius 3 is 2.35 bits per heavy atom. The van der Waals surface area contributed by atoms with E-state index in [1.807, 2.05) is 0 Å². The van der Waals surface area contributed by atoms with Gasteiger partial charge >= 0.3 is 6.03 Å². The van der Waals surface area contributed by atoms with Crippen LogP contribution in [-0.2, 0) is 0 Å². The third kappa shape index (κ3) is 3.12. The molecule has 5 heteroatoms. The zero-order chi connectivity index (χ0) is 14.7. The monoisotopic (exact) mass is 276 g/mol.